The first kappa shape index (κ1) is 28.5. The molecular formula is C24H42IN5O2. The molecule has 1 heterocycles. The summed E-state index contributed by atoms with van der Waals surface area (Å²) in [7, 11) is 1.80. The number of nitrogens with zero attached hydrogens (tertiary/aromatic N) is 2. The molecule has 1 unspecified atom stereocenters. The minimum Gasteiger partial charge on any atom is -0.490 e. The molecule has 4 N–H and O–H groups in total. The van der Waals surface area contributed by atoms with Crippen LogP contribution in [0.5, 0.6) is 5.75 Å². The number of hydrogen-bond donors (Lipinski definition) is 3. The van der Waals surface area contributed by atoms with Crippen LogP contribution in [0.1, 0.15) is 57.1 Å². The van der Waals surface area contributed by atoms with Gasteiger partial charge in [0.25, 0.3) is 0 Å². The van der Waals surface area contributed by atoms with E-state index in [0.29, 0.717) is 6.54 Å². The molecule has 1 fully saturated rings. The monoisotopic (exact) mass is 559 g/mol. The second-order valence-corrected chi connectivity index (χ2v) is 8.53. The van der Waals surface area contributed by atoms with Gasteiger partial charge in [-0.1, -0.05) is 19.1 Å². The minimum atomic E-state index is -0.146. The number of piperidine rings is 1. The highest BCUT2D eigenvalue weighted by Crippen LogP contribution is 2.22. The number of aryl methyl sites for hydroxylation is 1. The zero-order valence-corrected chi connectivity index (χ0v) is 22.5. The summed E-state index contributed by atoms with van der Waals surface area (Å²) in [6.07, 6.45) is 5.16. The Labute approximate surface area is 211 Å². The zero-order valence-electron chi connectivity index (χ0n) is 20.2. The van der Waals surface area contributed by atoms with Crippen LogP contribution in [0.15, 0.2) is 23.2 Å². The summed E-state index contributed by atoms with van der Waals surface area (Å²) in [5.74, 6) is 1.67. The number of halogens is 1. The molecule has 1 amide bonds. The number of guanidine groups is 1. The van der Waals surface area contributed by atoms with E-state index in [9.17, 15) is 4.79 Å². The van der Waals surface area contributed by atoms with E-state index in [1.54, 1.807) is 7.05 Å². The van der Waals surface area contributed by atoms with Gasteiger partial charge in [0.1, 0.15) is 5.75 Å². The van der Waals surface area contributed by atoms with E-state index < -0.39 is 0 Å². The van der Waals surface area contributed by atoms with E-state index in [2.05, 4.69) is 59.5 Å². The van der Waals surface area contributed by atoms with Crippen molar-refractivity contribution in [3.63, 3.8) is 0 Å². The van der Waals surface area contributed by atoms with Crippen molar-refractivity contribution < 1.29 is 9.53 Å². The van der Waals surface area contributed by atoms with Crippen LogP contribution < -0.4 is 21.1 Å². The quantitative estimate of drug-likeness (QED) is 0.167. The maximum atomic E-state index is 11.3. The number of carbonyl (C=O) groups excluding carboxylic acids is 1. The number of nitrogens with one attached hydrogen (secondary N) is 2. The van der Waals surface area contributed by atoms with Crippen LogP contribution in [0.4, 0.5) is 0 Å². The molecule has 0 aromatic heterocycles. The van der Waals surface area contributed by atoms with Crippen LogP contribution in [0.2, 0.25) is 0 Å². The first-order chi connectivity index (χ1) is 14.9. The Morgan fingerprint density at radius 3 is 2.62 bits per heavy atom. The fourth-order valence-electron chi connectivity index (χ4n) is 3.73. The third-order valence-electron chi connectivity index (χ3n) is 5.98. The van der Waals surface area contributed by atoms with Gasteiger partial charge in [-0.05, 0) is 77.2 Å². The Morgan fingerprint density at radius 2 is 2.00 bits per heavy atom. The number of primary amides is 1. The second kappa shape index (κ2) is 15.3. The average molecular weight is 560 g/mol. The summed E-state index contributed by atoms with van der Waals surface area (Å²) >= 11 is 0. The van der Waals surface area contributed by atoms with Crippen molar-refractivity contribution >= 4 is 35.8 Å². The number of likely N-dealkylation sites (tertiary alicyclic amines) is 1. The third kappa shape index (κ3) is 9.94. The second-order valence-electron chi connectivity index (χ2n) is 8.53. The molecule has 182 valence electrons. The minimum absolute atomic E-state index is 0. The molecule has 1 aromatic carbocycles. The lowest BCUT2D eigenvalue weighted by Crippen LogP contribution is -2.39. The topological polar surface area (TPSA) is 92.0 Å². The van der Waals surface area contributed by atoms with Gasteiger partial charge in [-0.2, -0.15) is 0 Å². The molecule has 1 saturated heterocycles. The Bertz CT molecular complexity index is 720. The van der Waals surface area contributed by atoms with Crippen molar-refractivity contribution in [3.05, 3.63) is 29.3 Å². The third-order valence-corrected chi connectivity index (χ3v) is 5.98. The summed E-state index contributed by atoms with van der Waals surface area (Å²) in [5, 5.41) is 6.80. The lowest BCUT2D eigenvalue weighted by Gasteiger charge is -2.30. The summed E-state index contributed by atoms with van der Waals surface area (Å²) in [6.45, 7) is 10.9. The molecule has 0 aliphatic carbocycles. The largest absolute Gasteiger partial charge is 0.490 e. The predicted octanol–water partition coefficient (Wildman–Crippen LogP) is 3.43. The van der Waals surface area contributed by atoms with Crippen LogP contribution >= 0.6 is 24.0 Å². The van der Waals surface area contributed by atoms with Gasteiger partial charge in [0, 0.05) is 31.6 Å². The first-order valence-corrected chi connectivity index (χ1v) is 11.6. The van der Waals surface area contributed by atoms with Gasteiger partial charge in [0.05, 0.1) is 6.10 Å². The van der Waals surface area contributed by atoms with Crippen molar-refractivity contribution in [1.82, 2.24) is 15.5 Å². The molecule has 0 bridgehead atoms. The normalized spacial score (nSPS) is 16.2. The van der Waals surface area contributed by atoms with E-state index in [1.807, 2.05) is 0 Å². The molecule has 7 nitrogen and oxygen atoms in total. The summed E-state index contributed by atoms with van der Waals surface area (Å²) in [5.41, 5.74) is 7.74. The van der Waals surface area contributed by atoms with Gasteiger partial charge in [-0.3, -0.25) is 9.79 Å². The van der Waals surface area contributed by atoms with E-state index in [1.165, 1.54) is 5.56 Å². The first-order valence-electron chi connectivity index (χ1n) is 11.6. The molecule has 1 aliphatic rings. The van der Waals surface area contributed by atoms with Gasteiger partial charge in [0.2, 0.25) is 5.91 Å². The number of aliphatic imine (C=N–C) groups is 1. The molecule has 32 heavy (non-hydrogen) atoms. The van der Waals surface area contributed by atoms with Gasteiger partial charge in [-0.15, -0.1) is 24.0 Å². The summed E-state index contributed by atoms with van der Waals surface area (Å²) in [4.78, 5) is 18.0. The number of hydrogen-bond acceptors (Lipinski definition) is 4. The van der Waals surface area contributed by atoms with Crippen LogP contribution in [-0.4, -0.2) is 56.1 Å². The predicted molar refractivity (Wildman–Crippen MR) is 143 cm³/mol. The molecule has 0 spiro atoms. The molecule has 8 heteroatoms. The Morgan fingerprint density at radius 1 is 1.28 bits per heavy atom. The number of carbonyl (C=O) groups is 1. The van der Waals surface area contributed by atoms with E-state index in [0.717, 1.165) is 75.6 Å². The molecule has 2 rings (SSSR count). The van der Waals surface area contributed by atoms with Crippen LogP contribution in [-0.2, 0) is 11.3 Å². The molecule has 1 atom stereocenters. The lowest BCUT2D eigenvalue weighted by atomic mass is 9.96. The molecule has 1 aliphatic heterocycles. The Hall–Kier alpha value is -1.55. The number of rotatable bonds is 11. The fraction of sp³-hybridized carbons (Fsp3) is 0.667. The number of ether oxygens (including phenoxy) is 1. The smallest absolute Gasteiger partial charge is 0.220 e. The molecule has 0 saturated carbocycles. The fourth-order valence-corrected chi connectivity index (χ4v) is 3.73. The summed E-state index contributed by atoms with van der Waals surface area (Å²) in [6, 6.07) is 6.34. The maximum absolute atomic E-state index is 11.3. The van der Waals surface area contributed by atoms with E-state index in [-0.39, 0.29) is 41.9 Å². The van der Waals surface area contributed by atoms with Crippen molar-refractivity contribution in [2.75, 3.05) is 33.2 Å². The Balaban J connectivity index is 0.00000512. The van der Waals surface area contributed by atoms with Crippen molar-refractivity contribution in [3.8, 4) is 5.75 Å². The SMILES string of the molecule is CCC(C)Oc1cc(C)ccc1CNC(=NC)NCCCCN1CCC(C(N)=O)CC1.I. The van der Waals surface area contributed by atoms with Crippen molar-refractivity contribution in [2.24, 2.45) is 16.6 Å². The Kier molecular flexibility index (Phi) is 13.6. The highest BCUT2D eigenvalue weighted by atomic mass is 127. The number of benzene rings is 1. The van der Waals surface area contributed by atoms with Gasteiger partial charge >= 0.3 is 0 Å². The lowest BCUT2D eigenvalue weighted by molar-refractivity contribution is -0.123. The molecule has 1 aromatic rings. The van der Waals surface area contributed by atoms with E-state index in [4.69, 9.17) is 10.5 Å². The molecule has 0 radical (unpaired) electrons. The summed E-state index contributed by atoms with van der Waals surface area (Å²) < 4.78 is 6.10. The number of nitrogens with two attached hydrogens (primary N) is 1. The van der Waals surface area contributed by atoms with Gasteiger partial charge < -0.3 is 26.0 Å². The average Bonchev–Trinajstić information content (AvgIpc) is 2.76. The van der Waals surface area contributed by atoms with Crippen LogP contribution in [0, 0.1) is 12.8 Å². The molecular weight excluding hydrogens is 517 g/mol. The standard InChI is InChI=1S/C24H41N5O2.HI/c1-5-19(3)31-22-16-18(2)8-9-21(22)17-28-24(26-4)27-12-6-7-13-29-14-10-20(11-15-29)23(25)30;/h8-9,16,19-20H,5-7,10-15,17H2,1-4H3,(H2,25,30)(H2,26,27,28);1H. The van der Waals surface area contributed by atoms with Crippen molar-refractivity contribution in [2.45, 2.75) is 65.5 Å². The number of amides is 1. The van der Waals surface area contributed by atoms with Crippen LogP contribution in [0.3, 0.4) is 0 Å². The highest BCUT2D eigenvalue weighted by Gasteiger charge is 2.22. The number of unbranched alkanes of at least 4 members (excludes halogenated alkanes) is 1. The highest BCUT2D eigenvalue weighted by molar-refractivity contribution is 14.0. The van der Waals surface area contributed by atoms with Crippen LogP contribution in [0.25, 0.3) is 0 Å². The zero-order chi connectivity index (χ0) is 22.6. The van der Waals surface area contributed by atoms with E-state index >= 15 is 0 Å². The van der Waals surface area contributed by atoms with Gasteiger partial charge in [-0.25, -0.2) is 0 Å². The van der Waals surface area contributed by atoms with Crippen molar-refractivity contribution in [1.29, 1.82) is 0 Å². The maximum Gasteiger partial charge on any atom is 0.220 e. The van der Waals surface area contributed by atoms with Gasteiger partial charge in [0.15, 0.2) is 5.96 Å².